The zero-order valence-electron chi connectivity index (χ0n) is 19.6. The van der Waals surface area contributed by atoms with Gasteiger partial charge in [-0.05, 0) is 74.2 Å². The van der Waals surface area contributed by atoms with E-state index < -0.39 is 10.0 Å². The second-order valence-corrected chi connectivity index (χ2v) is 10.8. The number of sulfonamides is 1. The summed E-state index contributed by atoms with van der Waals surface area (Å²) >= 11 is 6.35. The van der Waals surface area contributed by atoms with E-state index in [0.29, 0.717) is 10.7 Å². The van der Waals surface area contributed by atoms with Gasteiger partial charge in [0.1, 0.15) is 17.2 Å². The first-order chi connectivity index (χ1) is 16.1. The molecule has 1 unspecified atom stereocenters. The third-order valence-corrected chi connectivity index (χ3v) is 8.29. The number of halogens is 1. The van der Waals surface area contributed by atoms with E-state index in [2.05, 4.69) is 0 Å². The fraction of sp³-hybridized carbons (Fsp3) is 0.269. The Kier molecular flexibility index (Phi) is 6.60. The third-order valence-electron chi connectivity index (χ3n) is 6.09. The Labute approximate surface area is 205 Å². The summed E-state index contributed by atoms with van der Waals surface area (Å²) in [6.07, 6.45) is 0.719. The first-order valence-corrected chi connectivity index (χ1v) is 12.8. The molecule has 0 saturated carbocycles. The summed E-state index contributed by atoms with van der Waals surface area (Å²) in [5.74, 6) is -0.106. The molecule has 1 amide bonds. The fourth-order valence-corrected chi connectivity index (χ4v) is 6.12. The Bertz CT molecular complexity index is 1360. The number of nitrogens with zero attached hydrogens (tertiary/aromatic N) is 2. The molecule has 6 nitrogen and oxygen atoms in total. The maximum absolute atomic E-state index is 14.0. The van der Waals surface area contributed by atoms with E-state index in [0.717, 1.165) is 33.1 Å². The molecule has 1 heterocycles. The van der Waals surface area contributed by atoms with Crippen LogP contribution >= 0.6 is 11.6 Å². The minimum Gasteiger partial charge on any atom is -0.495 e. The van der Waals surface area contributed by atoms with Gasteiger partial charge in [-0.2, -0.15) is 0 Å². The molecular formula is C26H27ClN2O4S. The van der Waals surface area contributed by atoms with Gasteiger partial charge in [0.2, 0.25) is 5.91 Å². The molecule has 0 spiro atoms. The van der Waals surface area contributed by atoms with Crippen molar-refractivity contribution in [3.05, 3.63) is 82.4 Å². The van der Waals surface area contributed by atoms with Crippen LogP contribution in [0.1, 0.15) is 23.6 Å². The van der Waals surface area contributed by atoms with Crippen LogP contribution in [0, 0.1) is 13.8 Å². The van der Waals surface area contributed by atoms with Crippen molar-refractivity contribution in [3.63, 3.8) is 0 Å². The second-order valence-electron chi connectivity index (χ2n) is 8.55. The smallest absolute Gasteiger partial charge is 0.268 e. The lowest BCUT2D eigenvalue weighted by Crippen LogP contribution is -2.45. The average Bonchev–Trinajstić information content (AvgIpc) is 3.14. The van der Waals surface area contributed by atoms with Crippen molar-refractivity contribution in [1.82, 2.24) is 0 Å². The van der Waals surface area contributed by atoms with Gasteiger partial charge in [-0.1, -0.05) is 41.9 Å². The number of hydrogen-bond donors (Lipinski definition) is 0. The standard InChI is InChI=1S/C26H27ClN2O4S/c1-17-9-12-24(33-4)25(13-17)34(31,32)28(21-11-10-18(2)22(27)15-21)16-26(30)29-19(3)14-20-7-5-6-8-23(20)29/h5-13,15,19H,14,16H2,1-4H3. The molecule has 0 aliphatic carbocycles. The van der Waals surface area contributed by atoms with E-state index in [-0.39, 0.29) is 29.1 Å². The number of para-hydroxylation sites is 1. The Hall–Kier alpha value is -3.03. The summed E-state index contributed by atoms with van der Waals surface area (Å²) in [6, 6.07) is 17.5. The lowest BCUT2D eigenvalue weighted by Gasteiger charge is -2.29. The van der Waals surface area contributed by atoms with Crippen LogP contribution in [0.15, 0.2) is 65.6 Å². The molecular weight excluding hydrogens is 472 g/mol. The number of benzene rings is 3. The monoisotopic (exact) mass is 498 g/mol. The van der Waals surface area contributed by atoms with Gasteiger partial charge in [-0.15, -0.1) is 0 Å². The summed E-state index contributed by atoms with van der Waals surface area (Å²) in [5, 5.41) is 0.418. The van der Waals surface area contributed by atoms with Crippen molar-refractivity contribution in [2.45, 2.75) is 38.1 Å². The highest BCUT2D eigenvalue weighted by Crippen LogP contribution is 2.35. The van der Waals surface area contributed by atoms with Gasteiger partial charge in [0, 0.05) is 16.8 Å². The largest absolute Gasteiger partial charge is 0.495 e. The average molecular weight is 499 g/mol. The van der Waals surface area contributed by atoms with Crippen LogP contribution in [0.25, 0.3) is 0 Å². The molecule has 0 fully saturated rings. The van der Waals surface area contributed by atoms with Crippen LogP contribution in [0.4, 0.5) is 11.4 Å². The van der Waals surface area contributed by atoms with E-state index in [1.54, 1.807) is 48.2 Å². The molecule has 0 aromatic heterocycles. The predicted octanol–water partition coefficient (Wildman–Crippen LogP) is 5.14. The van der Waals surface area contributed by atoms with Crippen molar-refractivity contribution >= 4 is 38.9 Å². The molecule has 34 heavy (non-hydrogen) atoms. The number of ether oxygens (including phenoxy) is 1. The third kappa shape index (κ3) is 4.38. The Morgan fingerprint density at radius 1 is 1.12 bits per heavy atom. The van der Waals surface area contributed by atoms with Gasteiger partial charge < -0.3 is 9.64 Å². The van der Waals surface area contributed by atoms with E-state index in [4.69, 9.17) is 16.3 Å². The minimum atomic E-state index is -4.17. The molecule has 0 saturated heterocycles. The van der Waals surface area contributed by atoms with Crippen LogP contribution in [-0.4, -0.2) is 34.0 Å². The summed E-state index contributed by atoms with van der Waals surface area (Å²) < 4.78 is 34.4. The molecule has 4 rings (SSSR count). The molecule has 0 bridgehead atoms. The van der Waals surface area contributed by atoms with Gasteiger partial charge in [0.25, 0.3) is 10.0 Å². The minimum absolute atomic E-state index is 0.00521. The fourth-order valence-electron chi connectivity index (χ4n) is 4.30. The van der Waals surface area contributed by atoms with Gasteiger partial charge >= 0.3 is 0 Å². The number of anilines is 2. The molecule has 178 valence electrons. The predicted molar refractivity (Wildman–Crippen MR) is 136 cm³/mol. The molecule has 1 aliphatic rings. The summed E-state index contributed by atoms with van der Waals surface area (Å²) in [4.78, 5) is 15.3. The van der Waals surface area contributed by atoms with E-state index in [1.807, 2.05) is 38.1 Å². The van der Waals surface area contributed by atoms with Crippen molar-refractivity contribution in [2.24, 2.45) is 0 Å². The molecule has 0 radical (unpaired) electrons. The van der Waals surface area contributed by atoms with E-state index >= 15 is 0 Å². The first-order valence-electron chi connectivity index (χ1n) is 11.0. The van der Waals surface area contributed by atoms with Crippen LogP contribution in [0.3, 0.4) is 0 Å². The molecule has 3 aromatic rings. The maximum atomic E-state index is 14.0. The number of hydrogen-bond acceptors (Lipinski definition) is 4. The Morgan fingerprint density at radius 2 is 1.85 bits per heavy atom. The maximum Gasteiger partial charge on any atom is 0.268 e. The Morgan fingerprint density at radius 3 is 2.56 bits per heavy atom. The van der Waals surface area contributed by atoms with Gasteiger partial charge in [0.05, 0.1) is 12.8 Å². The quantitative estimate of drug-likeness (QED) is 0.472. The van der Waals surface area contributed by atoms with Gasteiger partial charge in [-0.3, -0.25) is 9.10 Å². The number of carbonyl (C=O) groups is 1. The van der Waals surface area contributed by atoms with Crippen LogP contribution in [0.2, 0.25) is 5.02 Å². The number of rotatable bonds is 6. The van der Waals surface area contributed by atoms with Crippen molar-refractivity contribution in [1.29, 1.82) is 0 Å². The lowest BCUT2D eigenvalue weighted by atomic mass is 10.1. The highest BCUT2D eigenvalue weighted by Gasteiger charge is 2.36. The lowest BCUT2D eigenvalue weighted by molar-refractivity contribution is -0.117. The summed E-state index contributed by atoms with van der Waals surface area (Å²) in [7, 11) is -2.74. The normalized spacial score (nSPS) is 15.2. The zero-order chi connectivity index (χ0) is 24.6. The number of fused-ring (bicyclic) bond motifs is 1. The molecule has 3 aromatic carbocycles. The van der Waals surface area contributed by atoms with Crippen molar-refractivity contribution < 1.29 is 17.9 Å². The van der Waals surface area contributed by atoms with Gasteiger partial charge in [0.15, 0.2) is 0 Å². The molecule has 1 atom stereocenters. The van der Waals surface area contributed by atoms with E-state index in [9.17, 15) is 13.2 Å². The number of carbonyl (C=O) groups excluding carboxylic acids is 1. The van der Waals surface area contributed by atoms with Crippen molar-refractivity contribution in [3.8, 4) is 5.75 Å². The second kappa shape index (κ2) is 9.31. The zero-order valence-corrected chi connectivity index (χ0v) is 21.2. The SMILES string of the molecule is COc1ccc(C)cc1S(=O)(=O)N(CC(=O)N1c2ccccc2CC1C)c1ccc(C)c(Cl)c1. The van der Waals surface area contributed by atoms with Gasteiger partial charge in [-0.25, -0.2) is 8.42 Å². The highest BCUT2D eigenvalue weighted by atomic mass is 35.5. The Balaban J connectivity index is 1.81. The number of aryl methyl sites for hydroxylation is 2. The van der Waals surface area contributed by atoms with Crippen LogP contribution < -0.4 is 13.9 Å². The van der Waals surface area contributed by atoms with E-state index in [1.165, 1.54) is 7.11 Å². The molecule has 8 heteroatoms. The van der Waals surface area contributed by atoms with Crippen molar-refractivity contribution in [2.75, 3.05) is 22.9 Å². The van der Waals surface area contributed by atoms with Crippen LogP contribution in [-0.2, 0) is 21.2 Å². The summed E-state index contributed by atoms with van der Waals surface area (Å²) in [5.41, 5.74) is 3.76. The number of amides is 1. The molecule has 1 aliphatic heterocycles. The summed E-state index contributed by atoms with van der Waals surface area (Å²) in [6.45, 7) is 5.22. The first kappa shape index (κ1) is 24.1. The highest BCUT2D eigenvalue weighted by molar-refractivity contribution is 7.93. The molecule has 0 N–H and O–H groups in total. The van der Waals surface area contributed by atoms with Crippen LogP contribution in [0.5, 0.6) is 5.75 Å². The topological polar surface area (TPSA) is 66.9 Å². The number of methoxy groups -OCH3 is 1.